The predicted molar refractivity (Wildman–Crippen MR) is 62.3 cm³/mol. The molecular weight excluding hydrogens is 172 g/mol. The van der Waals surface area contributed by atoms with Gasteiger partial charge < -0.3 is 10.6 Å². The fourth-order valence-electron chi connectivity index (χ4n) is 2.55. The van der Waals surface area contributed by atoms with Gasteiger partial charge in [-0.2, -0.15) is 0 Å². The van der Waals surface area contributed by atoms with Gasteiger partial charge in [-0.05, 0) is 44.2 Å². The number of hydrogen-bond acceptors (Lipinski definition) is 2. The molecule has 0 aromatic rings. The zero-order valence-electron chi connectivity index (χ0n) is 10.00. The normalized spacial score (nSPS) is 33.6. The lowest BCUT2D eigenvalue weighted by atomic mass is 9.79. The zero-order valence-corrected chi connectivity index (χ0v) is 10.00. The molecule has 0 amide bonds. The molecule has 1 aliphatic carbocycles. The predicted octanol–water partition coefficient (Wildman–Crippen LogP) is 2.09. The lowest BCUT2D eigenvalue weighted by Crippen LogP contribution is -2.42. The molecule has 0 aromatic carbocycles. The first kappa shape index (κ1) is 12.0. The van der Waals surface area contributed by atoms with Crippen molar-refractivity contribution in [1.82, 2.24) is 4.90 Å². The average Bonchev–Trinajstić information content (AvgIpc) is 2.19. The van der Waals surface area contributed by atoms with Crippen LogP contribution >= 0.6 is 0 Å². The minimum Gasteiger partial charge on any atom is -0.327 e. The molecule has 0 aromatic heterocycles. The molecule has 0 aliphatic heterocycles. The molecule has 0 spiro atoms. The first-order chi connectivity index (χ1) is 6.67. The molecule has 3 unspecified atom stereocenters. The molecule has 0 bridgehead atoms. The second-order valence-electron chi connectivity index (χ2n) is 4.83. The molecule has 14 heavy (non-hydrogen) atoms. The van der Waals surface area contributed by atoms with Crippen LogP contribution in [-0.4, -0.2) is 30.6 Å². The van der Waals surface area contributed by atoms with Crippen molar-refractivity contribution < 1.29 is 0 Å². The van der Waals surface area contributed by atoms with Crippen LogP contribution in [-0.2, 0) is 0 Å². The van der Waals surface area contributed by atoms with Crippen LogP contribution in [0.2, 0.25) is 0 Å². The number of hydrogen-bond donors (Lipinski definition) is 1. The van der Waals surface area contributed by atoms with Gasteiger partial charge in [0.1, 0.15) is 0 Å². The fourth-order valence-corrected chi connectivity index (χ4v) is 2.55. The van der Waals surface area contributed by atoms with Crippen molar-refractivity contribution in [2.24, 2.45) is 17.6 Å². The highest BCUT2D eigenvalue weighted by Gasteiger charge is 2.26. The van der Waals surface area contributed by atoms with Crippen LogP contribution < -0.4 is 5.73 Å². The van der Waals surface area contributed by atoms with Gasteiger partial charge in [0.15, 0.2) is 0 Å². The second kappa shape index (κ2) is 5.72. The van der Waals surface area contributed by atoms with Crippen molar-refractivity contribution in [3.63, 3.8) is 0 Å². The van der Waals surface area contributed by atoms with Crippen LogP contribution in [0.15, 0.2) is 0 Å². The van der Waals surface area contributed by atoms with E-state index in [1.807, 2.05) is 0 Å². The summed E-state index contributed by atoms with van der Waals surface area (Å²) in [6.45, 7) is 10.4. The lowest BCUT2D eigenvalue weighted by Gasteiger charge is -2.35. The quantitative estimate of drug-likeness (QED) is 0.749. The van der Waals surface area contributed by atoms with Crippen LogP contribution in [0, 0.1) is 11.8 Å². The van der Waals surface area contributed by atoms with Crippen molar-refractivity contribution in [3.8, 4) is 0 Å². The molecule has 0 saturated heterocycles. The highest BCUT2D eigenvalue weighted by Crippen LogP contribution is 2.28. The van der Waals surface area contributed by atoms with Gasteiger partial charge in [0.2, 0.25) is 0 Å². The van der Waals surface area contributed by atoms with Crippen LogP contribution in [0.3, 0.4) is 0 Å². The van der Waals surface area contributed by atoms with Crippen LogP contribution in [0.25, 0.3) is 0 Å². The van der Waals surface area contributed by atoms with E-state index in [4.69, 9.17) is 5.73 Å². The van der Waals surface area contributed by atoms with Gasteiger partial charge in [0, 0.05) is 12.6 Å². The Morgan fingerprint density at radius 3 is 2.43 bits per heavy atom. The molecule has 1 saturated carbocycles. The summed E-state index contributed by atoms with van der Waals surface area (Å²) in [6, 6.07) is 0.451. The van der Waals surface area contributed by atoms with Crippen molar-refractivity contribution in [1.29, 1.82) is 0 Å². The van der Waals surface area contributed by atoms with Crippen molar-refractivity contribution in [3.05, 3.63) is 0 Å². The van der Waals surface area contributed by atoms with Crippen LogP contribution in [0.5, 0.6) is 0 Å². The van der Waals surface area contributed by atoms with E-state index in [-0.39, 0.29) is 0 Å². The largest absolute Gasteiger partial charge is 0.327 e. The monoisotopic (exact) mass is 198 g/mol. The van der Waals surface area contributed by atoms with Crippen molar-refractivity contribution >= 4 is 0 Å². The van der Waals surface area contributed by atoms with Gasteiger partial charge in [0.25, 0.3) is 0 Å². The maximum atomic E-state index is 6.17. The fraction of sp³-hybridized carbons (Fsp3) is 1.00. The Labute approximate surface area is 88.8 Å². The van der Waals surface area contributed by atoms with Gasteiger partial charge in [-0.25, -0.2) is 0 Å². The van der Waals surface area contributed by atoms with E-state index in [2.05, 4.69) is 25.7 Å². The molecule has 2 N–H and O–H groups in total. The summed E-state index contributed by atoms with van der Waals surface area (Å²) in [5.74, 6) is 1.62. The summed E-state index contributed by atoms with van der Waals surface area (Å²) < 4.78 is 0. The standard InChI is InChI=1S/C12H26N2/c1-4-14(5-2)9-11-8-10(3)6-7-12(11)13/h10-12H,4-9,13H2,1-3H3. The van der Waals surface area contributed by atoms with E-state index in [0.29, 0.717) is 6.04 Å². The van der Waals surface area contributed by atoms with E-state index in [9.17, 15) is 0 Å². The molecule has 3 atom stereocenters. The van der Waals surface area contributed by atoms with E-state index in [1.54, 1.807) is 0 Å². The molecule has 1 aliphatic rings. The number of nitrogens with zero attached hydrogens (tertiary/aromatic N) is 1. The highest BCUT2D eigenvalue weighted by atomic mass is 15.1. The van der Waals surface area contributed by atoms with E-state index in [0.717, 1.165) is 24.9 Å². The molecule has 2 heteroatoms. The minimum absolute atomic E-state index is 0.451. The van der Waals surface area contributed by atoms with Gasteiger partial charge in [-0.1, -0.05) is 20.8 Å². The second-order valence-corrected chi connectivity index (χ2v) is 4.83. The van der Waals surface area contributed by atoms with Gasteiger partial charge >= 0.3 is 0 Å². The highest BCUT2D eigenvalue weighted by molar-refractivity contribution is 4.82. The zero-order chi connectivity index (χ0) is 10.6. The lowest BCUT2D eigenvalue weighted by molar-refractivity contribution is 0.170. The first-order valence-electron chi connectivity index (χ1n) is 6.15. The Bertz CT molecular complexity index is 154. The Morgan fingerprint density at radius 1 is 1.21 bits per heavy atom. The summed E-state index contributed by atoms with van der Waals surface area (Å²) in [5.41, 5.74) is 6.17. The Morgan fingerprint density at radius 2 is 1.86 bits per heavy atom. The third kappa shape index (κ3) is 3.25. The SMILES string of the molecule is CCN(CC)CC1CC(C)CCC1N. The first-order valence-corrected chi connectivity index (χ1v) is 6.15. The molecule has 84 valence electrons. The molecule has 0 radical (unpaired) electrons. The number of rotatable bonds is 4. The van der Waals surface area contributed by atoms with Crippen LogP contribution in [0.4, 0.5) is 0 Å². The summed E-state index contributed by atoms with van der Waals surface area (Å²) in [5, 5.41) is 0. The molecular formula is C12H26N2. The van der Waals surface area contributed by atoms with Gasteiger partial charge in [-0.3, -0.25) is 0 Å². The summed E-state index contributed by atoms with van der Waals surface area (Å²) in [7, 11) is 0. The minimum atomic E-state index is 0.451. The maximum Gasteiger partial charge on any atom is 0.00795 e. The molecule has 1 fully saturated rings. The Balaban J connectivity index is 2.40. The van der Waals surface area contributed by atoms with Gasteiger partial charge in [0.05, 0.1) is 0 Å². The smallest absolute Gasteiger partial charge is 0.00795 e. The summed E-state index contributed by atoms with van der Waals surface area (Å²) in [6.07, 6.45) is 3.89. The third-order valence-electron chi connectivity index (χ3n) is 3.69. The van der Waals surface area contributed by atoms with E-state index in [1.165, 1.54) is 25.8 Å². The average molecular weight is 198 g/mol. The molecule has 0 heterocycles. The number of nitrogens with two attached hydrogens (primary N) is 1. The van der Waals surface area contributed by atoms with Gasteiger partial charge in [-0.15, -0.1) is 0 Å². The maximum absolute atomic E-state index is 6.17. The third-order valence-corrected chi connectivity index (χ3v) is 3.69. The summed E-state index contributed by atoms with van der Waals surface area (Å²) >= 11 is 0. The van der Waals surface area contributed by atoms with E-state index < -0.39 is 0 Å². The van der Waals surface area contributed by atoms with E-state index >= 15 is 0 Å². The van der Waals surface area contributed by atoms with Crippen LogP contribution in [0.1, 0.15) is 40.0 Å². The topological polar surface area (TPSA) is 29.3 Å². The van der Waals surface area contributed by atoms with Crippen molar-refractivity contribution in [2.75, 3.05) is 19.6 Å². The Kier molecular flexibility index (Phi) is 4.90. The Hall–Kier alpha value is -0.0800. The molecule has 1 rings (SSSR count). The summed E-state index contributed by atoms with van der Waals surface area (Å²) in [4.78, 5) is 2.50. The molecule has 2 nitrogen and oxygen atoms in total. The van der Waals surface area contributed by atoms with Crippen molar-refractivity contribution in [2.45, 2.75) is 46.1 Å².